The highest BCUT2D eigenvalue weighted by Gasteiger charge is 2.42. The molecule has 0 saturated carbocycles. The van der Waals surface area contributed by atoms with Crippen molar-refractivity contribution in [1.29, 1.82) is 0 Å². The molecule has 4 N–H and O–H groups in total. The van der Waals surface area contributed by atoms with Gasteiger partial charge in [-0.1, -0.05) is 35.3 Å². The van der Waals surface area contributed by atoms with E-state index in [1.807, 2.05) is 146 Å². The third-order valence-electron chi connectivity index (χ3n) is 21.8. The molecule has 8 amide bonds. The monoisotopic (exact) mass is 1800 g/mol. The topological polar surface area (TPSA) is 301 Å². The summed E-state index contributed by atoms with van der Waals surface area (Å²) in [5.74, 6) is -0.878. The number of nitrogens with one attached hydrogen (secondary N) is 4. The van der Waals surface area contributed by atoms with E-state index in [1.165, 1.54) is 77.6 Å². The summed E-state index contributed by atoms with van der Waals surface area (Å²) in [5.41, 5.74) is 6.89. The quantitative estimate of drug-likeness (QED) is 0.0474. The number of fused-ring (bicyclic) bond motifs is 25. The minimum atomic E-state index is -0.676. The van der Waals surface area contributed by atoms with Crippen molar-refractivity contribution in [2.75, 3.05) is 23.7 Å². The molecule has 0 fully saturated rings. The summed E-state index contributed by atoms with van der Waals surface area (Å²) in [6.07, 6.45) is 7.41. The number of carbonyl (C=O) groups is 8. The maximum atomic E-state index is 13.3. The number of hydrogen-bond acceptors (Lipinski definition) is 23. The van der Waals surface area contributed by atoms with Gasteiger partial charge in [-0.2, -0.15) is 4.73 Å². The van der Waals surface area contributed by atoms with E-state index in [0.717, 1.165) is 155 Å². The molecule has 5 atom stereocenters. The Hall–Kier alpha value is -11.3. The lowest BCUT2D eigenvalue weighted by Gasteiger charge is -2.28. The summed E-state index contributed by atoms with van der Waals surface area (Å²) in [7, 11) is 0. The fraction of sp³-hybridized carbons (Fsp3) is 0.323. The lowest BCUT2D eigenvalue weighted by Crippen LogP contribution is -2.45. The number of anilines is 2. The Morgan fingerprint density at radius 2 is 0.742 bits per heavy atom. The highest BCUT2D eigenvalue weighted by atomic mass is 35.5. The summed E-state index contributed by atoms with van der Waals surface area (Å²) in [4.78, 5) is 127. The number of halogens is 2. The molecule has 0 spiro atoms. The number of hydrogen-bond donors (Lipinski definition) is 4. The lowest BCUT2D eigenvalue weighted by atomic mass is 10.0. The third-order valence-corrected chi connectivity index (χ3v) is 28.1. The van der Waals surface area contributed by atoms with Gasteiger partial charge < -0.3 is 40.7 Å². The summed E-state index contributed by atoms with van der Waals surface area (Å²) in [6, 6.07) is 38.1. The molecule has 0 unspecified atom stereocenters. The Morgan fingerprint density at radius 3 is 1.13 bits per heavy atom. The van der Waals surface area contributed by atoms with Crippen LogP contribution in [0.2, 0.25) is 10.3 Å². The van der Waals surface area contributed by atoms with Crippen LogP contribution in [0.1, 0.15) is 181 Å². The van der Waals surface area contributed by atoms with Crippen LogP contribution in [-0.2, 0) is 33.5 Å². The van der Waals surface area contributed by atoms with Crippen molar-refractivity contribution in [3.05, 3.63) is 197 Å². The maximum absolute atomic E-state index is 13.3. The number of thiophene rings is 5. The smallest absolute Gasteiger partial charge is 0.417 e. The van der Waals surface area contributed by atoms with Crippen LogP contribution in [0.4, 0.5) is 25.8 Å². The first kappa shape index (κ1) is 86.2. The van der Waals surface area contributed by atoms with Crippen molar-refractivity contribution in [1.82, 2.24) is 45.3 Å². The molecule has 124 heavy (non-hydrogen) atoms. The predicted molar refractivity (Wildman–Crippen MR) is 498 cm³/mol. The second-order valence-electron chi connectivity index (χ2n) is 34.5. The summed E-state index contributed by atoms with van der Waals surface area (Å²) in [5, 5.41) is 36.1. The molecule has 15 heterocycles. The van der Waals surface area contributed by atoms with Crippen LogP contribution in [-0.4, -0.2) is 143 Å². The van der Waals surface area contributed by atoms with Crippen LogP contribution in [0.5, 0.6) is 0 Å². The number of carbonyl (C=O) groups excluding carboxylic acids is 8. The summed E-state index contributed by atoms with van der Waals surface area (Å²) >= 11 is 19.3. The number of pyridine rings is 5. The van der Waals surface area contributed by atoms with E-state index < -0.39 is 35.1 Å². The number of benzene rings is 5. The van der Waals surface area contributed by atoms with Gasteiger partial charge in [-0.15, -0.1) is 56.7 Å². The number of ether oxygens (including phenoxy) is 3. The van der Waals surface area contributed by atoms with Crippen molar-refractivity contribution < 1.29 is 57.3 Å². The molecule has 20 rings (SSSR count). The molecule has 638 valence electrons. The van der Waals surface area contributed by atoms with Crippen LogP contribution in [0.15, 0.2) is 140 Å². The first-order chi connectivity index (χ1) is 59.0. The Morgan fingerprint density at radius 1 is 0.419 bits per heavy atom. The van der Waals surface area contributed by atoms with Crippen LogP contribution in [0.25, 0.3) is 105 Å². The number of amides is 8. The molecule has 31 heteroatoms. The van der Waals surface area contributed by atoms with Crippen molar-refractivity contribution >= 4 is 244 Å². The second-order valence-corrected chi connectivity index (χ2v) is 40.5. The molecule has 10 aromatic heterocycles. The van der Waals surface area contributed by atoms with E-state index in [9.17, 15) is 43.6 Å². The van der Waals surface area contributed by atoms with Crippen molar-refractivity contribution in [2.45, 2.75) is 182 Å². The van der Waals surface area contributed by atoms with Gasteiger partial charge in [-0.25, -0.2) is 39.1 Å². The maximum Gasteiger partial charge on any atom is 0.417 e. The Kier molecular flexibility index (Phi) is 23.6. The van der Waals surface area contributed by atoms with Gasteiger partial charge in [0.15, 0.2) is 6.20 Å². The molecule has 5 aliphatic heterocycles. The summed E-state index contributed by atoms with van der Waals surface area (Å²) < 4.78 is 22.5. The third kappa shape index (κ3) is 17.0. The SMILES string of the molecule is C[C@H]1CCc2c(sc3ccc4c(ccc[n+]4[O-])c23)C(=O)N1C(=O)OC(C)(C)C.C[C@H]1CCc2c(sc3ccc4nc(Cl)ccc4c23)C(=O)N1C(=O)OC(C)(C)C.C[C@H]1CCc2c(sc3ccc4ncccc4c23)C(=O)N1C(=O)OC(C)(C)C.C[C@H]1CNc2c(sc3ccc4nc(Cl)ccc4c23)C(=O)N1.C[C@H]1CNc2c(sc3ccc4ncccc4c23)C(=O)N1. The van der Waals surface area contributed by atoms with Crippen molar-refractivity contribution in [3.63, 3.8) is 0 Å². The van der Waals surface area contributed by atoms with Gasteiger partial charge in [0.25, 0.3) is 29.5 Å². The number of aryl methyl sites for hydroxylation is 3. The summed E-state index contributed by atoms with van der Waals surface area (Å²) in [6.45, 7) is 27.3. The van der Waals surface area contributed by atoms with Gasteiger partial charge in [0.05, 0.1) is 53.5 Å². The second kappa shape index (κ2) is 34.0. The normalized spacial score (nSPS) is 17.9. The molecular formula is C93H90Cl2N12O12S5. The van der Waals surface area contributed by atoms with Gasteiger partial charge in [0, 0.05) is 140 Å². The van der Waals surface area contributed by atoms with E-state index in [0.29, 0.717) is 69.1 Å². The molecule has 5 aromatic carbocycles. The number of rotatable bonds is 0. The van der Waals surface area contributed by atoms with E-state index >= 15 is 0 Å². The highest BCUT2D eigenvalue weighted by Crippen LogP contribution is 2.47. The van der Waals surface area contributed by atoms with Gasteiger partial charge in [-0.3, -0.25) is 33.9 Å². The molecule has 15 aromatic rings. The zero-order chi connectivity index (χ0) is 88.0. The largest absolute Gasteiger partial charge is 0.618 e. The van der Waals surface area contributed by atoms with Gasteiger partial charge in [0.2, 0.25) is 5.52 Å². The van der Waals surface area contributed by atoms with E-state index in [-0.39, 0.29) is 59.7 Å². The van der Waals surface area contributed by atoms with E-state index in [1.54, 1.807) is 78.2 Å². The molecule has 0 bridgehead atoms. The minimum absolute atomic E-state index is 0.00994. The molecule has 5 aliphatic rings. The van der Waals surface area contributed by atoms with Gasteiger partial charge >= 0.3 is 18.3 Å². The zero-order valence-corrected chi connectivity index (χ0v) is 76.2. The van der Waals surface area contributed by atoms with E-state index in [2.05, 4.69) is 47.3 Å². The average molecular weight is 1800 g/mol. The average Bonchev–Trinajstić information content (AvgIpc) is 1.61. The van der Waals surface area contributed by atoms with Crippen molar-refractivity contribution in [3.8, 4) is 0 Å². The van der Waals surface area contributed by atoms with Crippen LogP contribution < -0.4 is 26.0 Å². The first-order valence-corrected chi connectivity index (χ1v) is 45.8. The first-order valence-electron chi connectivity index (χ1n) is 40.9. The van der Waals surface area contributed by atoms with Crippen LogP contribution in [0, 0.1) is 5.21 Å². The Balaban J connectivity index is 0.000000115. The van der Waals surface area contributed by atoms with Crippen molar-refractivity contribution in [2.24, 2.45) is 0 Å². The molecule has 0 radical (unpaired) electrons. The fourth-order valence-corrected chi connectivity index (χ4v) is 22.4. The molecule has 0 aliphatic carbocycles. The van der Waals surface area contributed by atoms with E-state index in [4.69, 9.17) is 37.4 Å². The zero-order valence-electron chi connectivity index (χ0n) is 70.6. The number of aromatic nitrogens is 5. The number of imide groups is 3. The van der Waals surface area contributed by atoms with Crippen LogP contribution >= 0.6 is 79.9 Å². The lowest BCUT2D eigenvalue weighted by molar-refractivity contribution is -0.576. The standard InChI is InChI=1S/C21H21ClN2O3S.C21H22N2O4S.C21H22N2O3S.C15H12ClN3OS.C15H13N3OS/c1-11-5-6-13-17-12-7-10-16(22)23-14(12)8-9-15(17)28-18(13)19(25)24(11)20(26)27-21(2,3)4;1-12-7-8-14-17-13-6-5-11-22(26)15(13)9-10-16(17)28-18(14)19(24)23(12)20(25)27-21(2,3)4;1-12-7-8-14-17-13-6-5-11-22-15(13)9-10-16(17)27-18(14)19(24)23(12)20(25)26-21(2,3)4;1-7-6-17-13-12-8-2-5-11(16)19-9(8)3-4-10(12)21-14(13)15(20)18-7;1-8-7-17-13-12-9-3-2-6-16-10(9)4-5-11(12)20-14(13)15(19)18-8/h7-11H,5-6H2,1-4H3;5-6,9-12H,7-8H2,1-4H3;5-6,9-12H,7-8H2,1-4H3;2-5,7,17H,6H2,1H3,(H,18,20);2-6,8,17H,7H2,1H3,(H,18,19)/t11-;2*12-;7-;8-/m00000/s1. The number of nitrogens with zero attached hydrogens (tertiary/aromatic N) is 8. The fourth-order valence-electron chi connectivity index (χ4n) is 16.3. The molecular weight excluding hydrogens is 1710 g/mol. The van der Waals surface area contributed by atoms with Crippen LogP contribution in [0.3, 0.4) is 0 Å². The molecule has 24 nitrogen and oxygen atoms in total. The predicted octanol–water partition coefficient (Wildman–Crippen LogP) is 22.0. The highest BCUT2D eigenvalue weighted by molar-refractivity contribution is 7.23. The minimum Gasteiger partial charge on any atom is -0.618 e. The Bertz CT molecular complexity index is 6920. The van der Waals surface area contributed by atoms with Gasteiger partial charge in [-0.05, 0) is 249 Å². The molecule has 0 saturated heterocycles. The Labute approximate surface area is 743 Å². The van der Waals surface area contributed by atoms with Gasteiger partial charge in [0.1, 0.15) is 36.9 Å².